The topological polar surface area (TPSA) is 38.7 Å². The van der Waals surface area contributed by atoms with E-state index in [2.05, 4.69) is 29.1 Å². The third-order valence-corrected chi connectivity index (χ3v) is 4.70. The fraction of sp³-hybridized carbons (Fsp3) is 1.00. The predicted molar refractivity (Wildman–Crippen MR) is 74.8 cm³/mol. The van der Waals surface area contributed by atoms with Crippen LogP contribution in [0.15, 0.2) is 0 Å². The van der Waals surface area contributed by atoms with Gasteiger partial charge >= 0.3 is 0 Å². The Bertz CT molecular complexity index is 243. The van der Waals surface area contributed by atoms with E-state index in [1.807, 2.05) is 0 Å². The third kappa shape index (κ3) is 3.67. The Balaban J connectivity index is 1.87. The van der Waals surface area contributed by atoms with Gasteiger partial charge in [0.2, 0.25) is 0 Å². The van der Waals surface area contributed by atoms with Gasteiger partial charge < -0.3 is 15.3 Å². The van der Waals surface area contributed by atoms with Gasteiger partial charge in [0.1, 0.15) is 0 Å². The van der Waals surface area contributed by atoms with Gasteiger partial charge in [-0.25, -0.2) is 0 Å². The molecule has 0 aromatic carbocycles. The zero-order chi connectivity index (χ0) is 13.0. The number of piperidine rings is 1. The van der Waals surface area contributed by atoms with Crippen LogP contribution in [0.5, 0.6) is 0 Å². The van der Waals surface area contributed by atoms with E-state index in [0.717, 1.165) is 13.1 Å². The van der Waals surface area contributed by atoms with Crippen LogP contribution in [0.4, 0.5) is 0 Å². The molecule has 2 heterocycles. The molecule has 2 rings (SSSR count). The second-order valence-electron chi connectivity index (χ2n) is 6.02. The Morgan fingerprint density at radius 3 is 2.83 bits per heavy atom. The van der Waals surface area contributed by atoms with Gasteiger partial charge in [0, 0.05) is 31.2 Å². The lowest BCUT2D eigenvalue weighted by Crippen LogP contribution is -2.51. The van der Waals surface area contributed by atoms with E-state index in [0.29, 0.717) is 18.1 Å². The van der Waals surface area contributed by atoms with Crippen LogP contribution in [0.3, 0.4) is 0 Å². The molecule has 0 aromatic rings. The Morgan fingerprint density at radius 1 is 1.39 bits per heavy atom. The molecule has 0 amide bonds. The normalized spacial score (nSPS) is 34.3. The summed E-state index contributed by atoms with van der Waals surface area (Å²) >= 11 is 0. The molecule has 18 heavy (non-hydrogen) atoms. The molecule has 0 saturated carbocycles. The van der Waals surface area contributed by atoms with Crippen molar-refractivity contribution in [1.82, 2.24) is 15.1 Å². The number of likely N-dealkylation sites (tertiary alicyclic amines) is 1. The molecule has 106 valence electrons. The molecule has 0 radical (unpaired) electrons. The molecule has 3 unspecified atom stereocenters. The minimum atomic E-state index is 0.285. The second kappa shape index (κ2) is 6.85. The highest BCUT2D eigenvalue weighted by atomic mass is 16.3. The minimum absolute atomic E-state index is 0.285. The van der Waals surface area contributed by atoms with Gasteiger partial charge in [-0.15, -0.1) is 0 Å². The number of aliphatic hydroxyl groups is 1. The highest BCUT2D eigenvalue weighted by Gasteiger charge is 2.29. The van der Waals surface area contributed by atoms with Crippen molar-refractivity contribution < 1.29 is 5.11 Å². The van der Waals surface area contributed by atoms with Gasteiger partial charge in [0.25, 0.3) is 0 Å². The fourth-order valence-corrected chi connectivity index (χ4v) is 3.34. The van der Waals surface area contributed by atoms with Gasteiger partial charge in [-0.3, -0.25) is 4.90 Å². The van der Waals surface area contributed by atoms with Gasteiger partial charge in [-0.05, 0) is 52.7 Å². The van der Waals surface area contributed by atoms with E-state index in [-0.39, 0.29) is 6.61 Å². The lowest BCUT2D eigenvalue weighted by atomic mass is 9.97. The van der Waals surface area contributed by atoms with Crippen LogP contribution in [0.1, 0.15) is 32.6 Å². The summed E-state index contributed by atoms with van der Waals surface area (Å²) in [5, 5.41) is 12.9. The Labute approximate surface area is 111 Å². The first-order valence-electron chi connectivity index (χ1n) is 7.49. The molecule has 2 aliphatic rings. The van der Waals surface area contributed by atoms with Crippen LogP contribution in [0.25, 0.3) is 0 Å². The average molecular weight is 255 g/mol. The maximum atomic E-state index is 9.29. The quantitative estimate of drug-likeness (QED) is 0.751. The first kappa shape index (κ1) is 14.3. The predicted octanol–water partition coefficient (Wildman–Crippen LogP) is 0.515. The number of hydrogen-bond donors (Lipinski definition) is 2. The molecule has 0 aliphatic carbocycles. The van der Waals surface area contributed by atoms with Gasteiger partial charge in [0.15, 0.2) is 0 Å². The Hall–Kier alpha value is -0.160. The first-order valence-corrected chi connectivity index (χ1v) is 7.49. The fourth-order valence-electron chi connectivity index (χ4n) is 3.34. The minimum Gasteiger partial charge on any atom is -0.395 e. The van der Waals surface area contributed by atoms with E-state index in [4.69, 9.17) is 0 Å². The number of aliphatic hydroxyl groups excluding tert-OH is 1. The smallest absolute Gasteiger partial charge is 0.0558 e. The van der Waals surface area contributed by atoms with Crippen molar-refractivity contribution in [3.63, 3.8) is 0 Å². The monoisotopic (exact) mass is 255 g/mol. The Kier molecular flexibility index (Phi) is 5.42. The van der Waals surface area contributed by atoms with Gasteiger partial charge in [-0.1, -0.05) is 0 Å². The molecule has 3 atom stereocenters. The average Bonchev–Trinajstić information content (AvgIpc) is 2.85. The molecule has 0 aromatic heterocycles. The standard InChI is InChI=1S/C14H29N3O/c1-12-10-14(5-7-16(12)2)17(8-9-18)11-13-4-3-6-15-13/h12-15,18H,3-11H2,1-2H3. The summed E-state index contributed by atoms with van der Waals surface area (Å²) in [5.74, 6) is 0. The number of nitrogens with one attached hydrogen (secondary N) is 1. The van der Waals surface area contributed by atoms with Crippen molar-refractivity contribution in [3.05, 3.63) is 0 Å². The highest BCUT2D eigenvalue weighted by Crippen LogP contribution is 2.21. The third-order valence-electron chi connectivity index (χ3n) is 4.70. The Morgan fingerprint density at radius 2 is 2.22 bits per heavy atom. The van der Waals surface area contributed by atoms with Crippen LogP contribution in [-0.2, 0) is 0 Å². The van der Waals surface area contributed by atoms with E-state index in [1.54, 1.807) is 0 Å². The van der Waals surface area contributed by atoms with Crippen LogP contribution >= 0.6 is 0 Å². The summed E-state index contributed by atoms with van der Waals surface area (Å²) in [4.78, 5) is 4.97. The van der Waals surface area contributed by atoms with Crippen molar-refractivity contribution in [2.75, 3.05) is 39.8 Å². The van der Waals surface area contributed by atoms with E-state index >= 15 is 0 Å². The van der Waals surface area contributed by atoms with E-state index in [1.165, 1.54) is 38.8 Å². The SMILES string of the molecule is CC1CC(N(CCO)CC2CCCN2)CCN1C. The van der Waals surface area contributed by atoms with E-state index < -0.39 is 0 Å². The molecule has 2 fully saturated rings. The van der Waals surface area contributed by atoms with Gasteiger partial charge in [-0.2, -0.15) is 0 Å². The molecule has 0 spiro atoms. The summed E-state index contributed by atoms with van der Waals surface area (Å²) < 4.78 is 0. The van der Waals surface area contributed by atoms with Crippen molar-refractivity contribution in [3.8, 4) is 0 Å². The van der Waals surface area contributed by atoms with Crippen LogP contribution in [0, 0.1) is 0 Å². The number of nitrogens with zero attached hydrogens (tertiary/aromatic N) is 2. The summed E-state index contributed by atoms with van der Waals surface area (Å²) in [6.07, 6.45) is 5.09. The molecule has 0 bridgehead atoms. The zero-order valence-electron chi connectivity index (χ0n) is 11.9. The van der Waals surface area contributed by atoms with Gasteiger partial charge in [0.05, 0.1) is 6.61 Å². The molecule has 4 heteroatoms. The lowest BCUT2D eigenvalue weighted by Gasteiger charge is -2.41. The summed E-state index contributed by atoms with van der Waals surface area (Å²) in [6, 6.07) is 1.97. The second-order valence-corrected chi connectivity index (χ2v) is 6.02. The largest absolute Gasteiger partial charge is 0.395 e. The lowest BCUT2D eigenvalue weighted by molar-refractivity contribution is 0.0689. The maximum absolute atomic E-state index is 9.29. The van der Waals surface area contributed by atoms with E-state index in [9.17, 15) is 5.11 Å². The first-order chi connectivity index (χ1) is 8.70. The molecule has 4 nitrogen and oxygen atoms in total. The maximum Gasteiger partial charge on any atom is 0.0558 e. The zero-order valence-corrected chi connectivity index (χ0v) is 11.9. The van der Waals surface area contributed by atoms with Crippen molar-refractivity contribution in [2.24, 2.45) is 0 Å². The van der Waals surface area contributed by atoms with Crippen LogP contribution in [0.2, 0.25) is 0 Å². The van der Waals surface area contributed by atoms with Crippen molar-refractivity contribution >= 4 is 0 Å². The molecule has 2 N–H and O–H groups in total. The highest BCUT2D eigenvalue weighted by molar-refractivity contribution is 4.86. The van der Waals surface area contributed by atoms with Crippen molar-refractivity contribution in [2.45, 2.75) is 50.7 Å². The summed E-state index contributed by atoms with van der Waals surface area (Å²) in [5.41, 5.74) is 0. The molecule has 2 aliphatic heterocycles. The summed E-state index contributed by atoms with van der Waals surface area (Å²) in [6.45, 7) is 6.90. The number of rotatable bonds is 5. The molecule has 2 saturated heterocycles. The number of hydrogen-bond acceptors (Lipinski definition) is 4. The summed E-state index contributed by atoms with van der Waals surface area (Å²) in [7, 11) is 2.22. The molecular weight excluding hydrogens is 226 g/mol. The molecular formula is C14H29N3O. The van der Waals surface area contributed by atoms with Crippen LogP contribution in [-0.4, -0.2) is 72.9 Å². The van der Waals surface area contributed by atoms with Crippen molar-refractivity contribution in [1.29, 1.82) is 0 Å². The van der Waals surface area contributed by atoms with Crippen LogP contribution < -0.4 is 5.32 Å².